The Hall–Kier alpha value is -1.30. The second-order valence-corrected chi connectivity index (χ2v) is 6.12. The van der Waals surface area contributed by atoms with Crippen molar-refractivity contribution in [1.29, 1.82) is 0 Å². The predicted octanol–water partition coefficient (Wildman–Crippen LogP) is 1.44. The molecule has 1 saturated heterocycles. The van der Waals surface area contributed by atoms with Gasteiger partial charge in [0.05, 0.1) is 0 Å². The van der Waals surface area contributed by atoms with Crippen LogP contribution in [0.2, 0.25) is 0 Å². The fraction of sp³-hybridized carbons (Fsp3) is 0.846. The van der Waals surface area contributed by atoms with E-state index in [1.54, 1.807) is 4.90 Å². The Morgan fingerprint density at radius 1 is 1.47 bits per heavy atom. The monoisotopic (exact) mass is 272 g/mol. The van der Waals surface area contributed by atoms with Crippen LogP contribution < -0.4 is 5.73 Å². The number of aliphatic carboxylic acids is 1. The number of nitrogens with two attached hydrogens (primary N) is 1. The highest BCUT2D eigenvalue weighted by Crippen LogP contribution is 2.22. The van der Waals surface area contributed by atoms with E-state index in [2.05, 4.69) is 0 Å². The number of rotatable bonds is 3. The average molecular weight is 272 g/mol. The number of ether oxygens (including phenoxy) is 1. The third-order valence-electron chi connectivity index (χ3n) is 3.08. The van der Waals surface area contributed by atoms with E-state index in [0.717, 1.165) is 12.8 Å². The minimum absolute atomic E-state index is 0.132. The summed E-state index contributed by atoms with van der Waals surface area (Å²) in [6, 6.07) is -0.858. The molecule has 0 saturated carbocycles. The molecule has 19 heavy (non-hydrogen) atoms. The predicted molar refractivity (Wildman–Crippen MR) is 70.8 cm³/mol. The smallest absolute Gasteiger partial charge is 0.410 e. The van der Waals surface area contributed by atoms with Crippen LogP contribution in [-0.4, -0.2) is 46.8 Å². The van der Waals surface area contributed by atoms with Crippen LogP contribution in [0.15, 0.2) is 0 Å². The standard InChI is InChI=1S/C13H24N2O4/c1-13(2,3)19-12(18)15-6-4-5-9(8-15)7-10(14)11(16)17/h9-10H,4-8,14H2,1-3H3,(H,16,17). The lowest BCUT2D eigenvalue weighted by Gasteiger charge is -2.34. The number of carboxylic acid groups (broad SMARTS) is 1. The van der Waals surface area contributed by atoms with E-state index < -0.39 is 17.6 Å². The summed E-state index contributed by atoms with van der Waals surface area (Å²) in [4.78, 5) is 24.3. The lowest BCUT2D eigenvalue weighted by atomic mass is 9.92. The maximum Gasteiger partial charge on any atom is 0.410 e. The number of hydrogen-bond acceptors (Lipinski definition) is 4. The molecule has 1 aliphatic heterocycles. The maximum absolute atomic E-state index is 11.9. The summed E-state index contributed by atoms with van der Waals surface area (Å²) in [5.41, 5.74) is 5.02. The Bertz CT molecular complexity index is 338. The van der Waals surface area contributed by atoms with Gasteiger partial charge in [-0.1, -0.05) is 0 Å². The Balaban J connectivity index is 2.50. The molecule has 1 rings (SSSR count). The van der Waals surface area contributed by atoms with Gasteiger partial charge in [0.1, 0.15) is 11.6 Å². The minimum Gasteiger partial charge on any atom is -0.480 e. The Kier molecular flexibility index (Phi) is 5.17. The zero-order valence-electron chi connectivity index (χ0n) is 11.9. The highest BCUT2D eigenvalue weighted by Gasteiger charge is 2.29. The van der Waals surface area contributed by atoms with Gasteiger partial charge in [0.25, 0.3) is 0 Å². The number of amides is 1. The van der Waals surface area contributed by atoms with Crippen molar-refractivity contribution in [1.82, 2.24) is 4.90 Å². The van der Waals surface area contributed by atoms with Crippen LogP contribution in [0.5, 0.6) is 0 Å². The van der Waals surface area contributed by atoms with Crippen molar-refractivity contribution in [3.63, 3.8) is 0 Å². The zero-order valence-corrected chi connectivity index (χ0v) is 11.9. The molecule has 0 spiro atoms. The number of carbonyl (C=O) groups excluding carboxylic acids is 1. The van der Waals surface area contributed by atoms with Crippen LogP contribution in [0.1, 0.15) is 40.0 Å². The molecule has 1 fully saturated rings. The van der Waals surface area contributed by atoms with Gasteiger partial charge in [0.2, 0.25) is 0 Å². The van der Waals surface area contributed by atoms with Crippen molar-refractivity contribution in [3.05, 3.63) is 0 Å². The van der Waals surface area contributed by atoms with Gasteiger partial charge in [-0.15, -0.1) is 0 Å². The number of hydrogen-bond donors (Lipinski definition) is 2. The Labute approximate surface area is 113 Å². The molecule has 1 aliphatic rings. The van der Waals surface area contributed by atoms with Gasteiger partial charge in [-0.3, -0.25) is 4.79 Å². The average Bonchev–Trinajstić information content (AvgIpc) is 2.27. The van der Waals surface area contributed by atoms with Crippen LogP contribution in [0.4, 0.5) is 4.79 Å². The summed E-state index contributed by atoms with van der Waals surface area (Å²) in [6.07, 6.45) is 1.83. The first-order chi connectivity index (χ1) is 8.69. The molecule has 0 aliphatic carbocycles. The van der Waals surface area contributed by atoms with Gasteiger partial charge < -0.3 is 20.5 Å². The molecular weight excluding hydrogens is 248 g/mol. The largest absolute Gasteiger partial charge is 0.480 e. The lowest BCUT2D eigenvalue weighted by molar-refractivity contribution is -0.139. The highest BCUT2D eigenvalue weighted by atomic mass is 16.6. The first kappa shape index (κ1) is 15.8. The van der Waals surface area contributed by atoms with E-state index in [0.29, 0.717) is 19.5 Å². The fourth-order valence-electron chi connectivity index (χ4n) is 2.21. The zero-order chi connectivity index (χ0) is 14.6. The molecule has 1 amide bonds. The van der Waals surface area contributed by atoms with E-state index in [1.807, 2.05) is 20.8 Å². The van der Waals surface area contributed by atoms with Crippen molar-refractivity contribution < 1.29 is 19.4 Å². The van der Waals surface area contributed by atoms with E-state index in [1.165, 1.54) is 0 Å². The van der Waals surface area contributed by atoms with Gasteiger partial charge in [-0.05, 0) is 46.0 Å². The highest BCUT2D eigenvalue weighted by molar-refractivity contribution is 5.73. The molecule has 1 heterocycles. The van der Waals surface area contributed by atoms with Crippen molar-refractivity contribution in [2.75, 3.05) is 13.1 Å². The van der Waals surface area contributed by atoms with Crippen LogP contribution in [-0.2, 0) is 9.53 Å². The topological polar surface area (TPSA) is 92.9 Å². The van der Waals surface area contributed by atoms with Gasteiger partial charge in [0, 0.05) is 13.1 Å². The van der Waals surface area contributed by atoms with E-state index in [4.69, 9.17) is 15.6 Å². The summed E-state index contributed by atoms with van der Waals surface area (Å²) < 4.78 is 5.32. The van der Waals surface area contributed by atoms with Crippen molar-refractivity contribution in [3.8, 4) is 0 Å². The summed E-state index contributed by atoms with van der Waals surface area (Å²) in [5, 5.41) is 8.81. The van der Waals surface area contributed by atoms with Crippen LogP contribution in [0, 0.1) is 5.92 Å². The molecule has 110 valence electrons. The molecule has 0 bridgehead atoms. The summed E-state index contributed by atoms with van der Waals surface area (Å²) in [5.74, 6) is -0.859. The van der Waals surface area contributed by atoms with E-state index in [9.17, 15) is 9.59 Å². The fourth-order valence-corrected chi connectivity index (χ4v) is 2.21. The number of carbonyl (C=O) groups is 2. The molecule has 2 atom stereocenters. The summed E-state index contributed by atoms with van der Waals surface area (Å²) in [7, 11) is 0. The molecule has 0 aromatic carbocycles. The second kappa shape index (κ2) is 6.23. The lowest BCUT2D eigenvalue weighted by Crippen LogP contribution is -2.44. The number of carboxylic acids is 1. The second-order valence-electron chi connectivity index (χ2n) is 6.12. The quantitative estimate of drug-likeness (QED) is 0.810. The molecule has 2 unspecified atom stereocenters. The molecule has 0 aromatic heterocycles. The molecule has 6 heteroatoms. The maximum atomic E-state index is 11.9. The van der Waals surface area contributed by atoms with Gasteiger partial charge in [-0.2, -0.15) is 0 Å². The van der Waals surface area contributed by atoms with E-state index in [-0.39, 0.29) is 12.0 Å². The Morgan fingerprint density at radius 3 is 2.63 bits per heavy atom. The third-order valence-corrected chi connectivity index (χ3v) is 3.08. The first-order valence-corrected chi connectivity index (χ1v) is 6.65. The number of likely N-dealkylation sites (tertiary alicyclic amines) is 1. The summed E-state index contributed by atoms with van der Waals surface area (Å²) in [6.45, 7) is 6.66. The van der Waals surface area contributed by atoms with Gasteiger partial charge in [-0.25, -0.2) is 4.79 Å². The van der Waals surface area contributed by atoms with Crippen LogP contribution in [0.25, 0.3) is 0 Å². The molecule has 6 nitrogen and oxygen atoms in total. The first-order valence-electron chi connectivity index (χ1n) is 6.65. The van der Waals surface area contributed by atoms with Crippen LogP contribution >= 0.6 is 0 Å². The summed E-state index contributed by atoms with van der Waals surface area (Å²) >= 11 is 0. The SMILES string of the molecule is CC(C)(C)OC(=O)N1CCCC(CC(N)C(=O)O)C1. The molecular formula is C13H24N2O4. The number of piperidine rings is 1. The minimum atomic E-state index is -0.991. The molecule has 0 radical (unpaired) electrons. The van der Waals surface area contributed by atoms with Gasteiger partial charge >= 0.3 is 12.1 Å². The van der Waals surface area contributed by atoms with Crippen molar-refractivity contribution in [2.24, 2.45) is 11.7 Å². The van der Waals surface area contributed by atoms with E-state index >= 15 is 0 Å². The third kappa shape index (κ3) is 5.46. The number of nitrogens with zero attached hydrogens (tertiary/aromatic N) is 1. The van der Waals surface area contributed by atoms with Crippen molar-refractivity contribution >= 4 is 12.1 Å². The molecule has 0 aromatic rings. The van der Waals surface area contributed by atoms with Gasteiger partial charge in [0.15, 0.2) is 0 Å². The Morgan fingerprint density at radius 2 is 2.11 bits per heavy atom. The van der Waals surface area contributed by atoms with Crippen molar-refractivity contribution in [2.45, 2.75) is 51.7 Å². The van der Waals surface area contributed by atoms with Crippen LogP contribution in [0.3, 0.4) is 0 Å². The molecule has 3 N–H and O–H groups in total. The normalized spacial score (nSPS) is 21.9.